The van der Waals surface area contributed by atoms with E-state index in [0.717, 1.165) is 25.1 Å². The quantitative estimate of drug-likeness (QED) is 0.898. The summed E-state index contributed by atoms with van der Waals surface area (Å²) in [5.74, 6) is 0.571. The molecule has 21 heavy (non-hydrogen) atoms. The van der Waals surface area contributed by atoms with Gasteiger partial charge in [-0.1, -0.05) is 12.5 Å². The van der Waals surface area contributed by atoms with Crippen LogP contribution in [0.25, 0.3) is 0 Å². The fourth-order valence-electron chi connectivity index (χ4n) is 3.12. The zero-order valence-electron chi connectivity index (χ0n) is 12.5. The van der Waals surface area contributed by atoms with Crippen molar-refractivity contribution in [1.29, 1.82) is 0 Å². The molecule has 1 aromatic rings. The van der Waals surface area contributed by atoms with Crippen LogP contribution >= 0.6 is 0 Å². The molecule has 0 bridgehead atoms. The number of benzene rings is 1. The number of methoxy groups -OCH3 is 1. The van der Waals surface area contributed by atoms with Crippen molar-refractivity contribution in [2.75, 3.05) is 27.2 Å². The van der Waals surface area contributed by atoms with Crippen molar-refractivity contribution in [3.8, 4) is 11.5 Å². The molecule has 1 saturated heterocycles. The highest BCUT2D eigenvalue weighted by Gasteiger charge is 2.46. The van der Waals surface area contributed by atoms with Gasteiger partial charge in [0.25, 0.3) is 0 Å². The van der Waals surface area contributed by atoms with Gasteiger partial charge in [-0.15, -0.1) is 0 Å². The molecular formula is C16H21NO4. The van der Waals surface area contributed by atoms with Crippen LogP contribution in [0, 0.1) is 0 Å². The predicted octanol–water partition coefficient (Wildman–Crippen LogP) is 1.89. The van der Waals surface area contributed by atoms with Crippen molar-refractivity contribution in [3.63, 3.8) is 0 Å². The van der Waals surface area contributed by atoms with Gasteiger partial charge in [0.05, 0.1) is 12.5 Å². The van der Waals surface area contributed by atoms with Crippen LogP contribution in [-0.2, 0) is 10.2 Å². The van der Waals surface area contributed by atoms with E-state index in [9.17, 15) is 9.90 Å². The van der Waals surface area contributed by atoms with E-state index in [4.69, 9.17) is 9.47 Å². The van der Waals surface area contributed by atoms with Crippen molar-refractivity contribution in [3.05, 3.63) is 23.8 Å². The second-order valence-electron chi connectivity index (χ2n) is 6.07. The normalized spacial score (nSPS) is 21.2. The molecule has 0 radical (unpaired) electrons. The average molecular weight is 291 g/mol. The fourth-order valence-corrected chi connectivity index (χ4v) is 3.12. The number of carboxylic acid groups (broad SMARTS) is 1. The van der Waals surface area contributed by atoms with Gasteiger partial charge in [-0.2, -0.15) is 0 Å². The van der Waals surface area contributed by atoms with Crippen molar-refractivity contribution >= 4 is 5.97 Å². The summed E-state index contributed by atoms with van der Waals surface area (Å²) in [5.41, 5.74) is 0.0885. The Morgan fingerprint density at radius 3 is 2.52 bits per heavy atom. The number of likely N-dealkylation sites (tertiary alicyclic amines) is 1. The molecule has 0 atom stereocenters. The van der Waals surface area contributed by atoms with Crippen LogP contribution in [0.15, 0.2) is 18.2 Å². The second-order valence-corrected chi connectivity index (χ2v) is 6.07. The Morgan fingerprint density at radius 2 is 2.05 bits per heavy atom. The van der Waals surface area contributed by atoms with Crippen molar-refractivity contribution in [2.24, 2.45) is 0 Å². The van der Waals surface area contributed by atoms with E-state index in [0.29, 0.717) is 24.3 Å². The molecule has 1 heterocycles. The minimum absolute atomic E-state index is 0.154. The molecule has 2 aliphatic rings. The van der Waals surface area contributed by atoms with Gasteiger partial charge in [-0.05, 0) is 37.6 Å². The van der Waals surface area contributed by atoms with Crippen molar-refractivity contribution < 1.29 is 19.4 Å². The predicted molar refractivity (Wildman–Crippen MR) is 78.1 cm³/mol. The Balaban J connectivity index is 1.87. The molecule has 1 saturated carbocycles. The molecule has 5 heteroatoms. The summed E-state index contributed by atoms with van der Waals surface area (Å²) in [6, 6.07) is 5.52. The average Bonchev–Trinajstić information content (AvgIpc) is 2.35. The molecule has 3 rings (SSSR count). The SMILES string of the molecule is COc1ccc(C2(C(=O)O)CCC2)cc1OC1CN(C)C1. The maximum absolute atomic E-state index is 11.6. The van der Waals surface area contributed by atoms with Crippen LogP contribution in [0.1, 0.15) is 24.8 Å². The Kier molecular flexibility index (Phi) is 3.53. The summed E-state index contributed by atoms with van der Waals surface area (Å²) in [6.07, 6.45) is 2.50. The highest BCUT2D eigenvalue weighted by atomic mass is 16.5. The Labute approximate surface area is 124 Å². The molecule has 1 aromatic carbocycles. The zero-order chi connectivity index (χ0) is 15.0. The molecule has 5 nitrogen and oxygen atoms in total. The van der Waals surface area contributed by atoms with Crippen LogP contribution in [0.2, 0.25) is 0 Å². The summed E-state index contributed by atoms with van der Waals surface area (Å²) in [6.45, 7) is 1.77. The number of nitrogens with zero attached hydrogens (tertiary/aromatic N) is 1. The number of hydrogen-bond acceptors (Lipinski definition) is 4. The first-order valence-corrected chi connectivity index (χ1v) is 7.32. The van der Waals surface area contributed by atoms with Crippen LogP contribution < -0.4 is 9.47 Å². The number of likely N-dealkylation sites (N-methyl/N-ethyl adjacent to an activating group) is 1. The molecule has 1 aliphatic heterocycles. The minimum Gasteiger partial charge on any atom is -0.493 e. The van der Waals surface area contributed by atoms with Gasteiger partial charge in [0, 0.05) is 13.1 Å². The second kappa shape index (κ2) is 5.22. The van der Waals surface area contributed by atoms with E-state index in [1.54, 1.807) is 7.11 Å². The third kappa shape index (κ3) is 2.35. The van der Waals surface area contributed by atoms with E-state index in [-0.39, 0.29) is 6.10 Å². The summed E-state index contributed by atoms with van der Waals surface area (Å²) < 4.78 is 11.3. The maximum Gasteiger partial charge on any atom is 0.314 e. The van der Waals surface area contributed by atoms with Gasteiger partial charge < -0.3 is 14.6 Å². The maximum atomic E-state index is 11.6. The van der Waals surface area contributed by atoms with Crippen LogP contribution in [0.3, 0.4) is 0 Å². The summed E-state index contributed by atoms with van der Waals surface area (Å²) in [7, 11) is 3.65. The first kappa shape index (κ1) is 14.2. The van der Waals surface area contributed by atoms with Gasteiger partial charge in [-0.3, -0.25) is 9.69 Å². The van der Waals surface area contributed by atoms with Crippen LogP contribution in [-0.4, -0.2) is 49.3 Å². The molecule has 1 aliphatic carbocycles. The molecule has 0 amide bonds. The monoisotopic (exact) mass is 291 g/mol. The Morgan fingerprint density at radius 1 is 1.33 bits per heavy atom. The number of carboxylic acids is 1. The van der Waals surface area contributed by atoms with Crippen LogP contribution in [0.4, 0.5) is 0 Å². The summed E-state index contributed by atoms with van der Waals surface area (Å²) >= 11 is 0. The number of aliphatic carboxylic acids is 1. The van der Waals surface area contributed by atoms with Crippen molar-refractivity contribution in [2.45, 2.75) is 30.8 Å². The topological polar surface area (TPSA) is 59.0 Å². The fraction of sp³-hybridized carbons (Fsp3) is 0.562. The third-order valence-corrected chi connectivity index (χ3v) is 4.66. The number of rotatable bonds is 5. The van der Waals surface area contributed by atoms with Gasteiger partial charge >= 0.3 is 5.97 Å². The minimum atomic E-state index is -0.742. The largest absolute Gasteiger partial charge is 0.493 e. The lowest BCUT2D eigenvalue weighted by Gasteiger charge is -2.39. The summed E-state index contributed by atoms with van der Waals surface area (Å²) in [4.78, 5) is 13.8. The molecule has 114 valence electrons. The van der Waals surface area contributed by atoms with E-state index in [1.165, 1.54) is 0 Å². The van der Waals surface area contributed by atoms with E-state index >= 15 is 0 Å². The molecular weight excluding hydrogens is 270 g/mol. The zero-order valence-corrected chi connectivity index (χ0v) is 12.5. The highest BCUT2D eigenvalue weighted by Crippen LogP contribution is 2.46. The first-order valence-electron chi connectivity index (χ1n) is 7.32. The molecule has 0 aromatic heterocycles. The van der Waals surface area contributed by atoms with Gasteiger partial charge in [0.1, 0.15) is 6.10 Å². The lowest BCUT2D eigenvalue weighted by Crippen LogP contribution is -2.51. The van der Waals surface area contributed by atoms with E-state index in [1.807, 2.05) is 25.2 Å². The van der Waals surface area contributed by atoms with Gasteiger partial charge in [0.2, 0.25) is 0 Å². The molecule has 0 unspecified atom stereocenters. The Hall–Kier alpha value is -1.75. The lowest BCUT2D eigenvalue weighted by molar-refractivity contribution is -0.147. The Bertz CT molecular complexity index is 547. The standard InChI is InChI=1S/C16H21NO4/c1-17-9-12(10-17)21-14-8-11(4-5-13(14)20-2)16(15(18)19)6-3-7-16/h4-5,8,12H,3,6-7,9-10H2,1-2H3,(H,18,19). The highest BCUT2D eigenvalue weighted by molar-refractivity contribution is 5.83. The third-order valence-electron chi connectivity index (χ3n) is 4.66. The molecule has 0 spiro atoms. The summed E-state index contributed by atoms with van der Waals surface area (Å²) in [5, 5.41) is 9.55. The molecule has 2 fully saturated rings. The lowest BCUT2D eigenvalue weighted by atomic mass is 9.64. The first-order chi connectivity index (χ1) is 10.0. The van der Waals surface area contributed by atoms with E-state index in [2.05, 4.69) is 4.90 Å². The number of ether oxygens (including phenoxy) is 2. The number of carbonyl (C=O) groups is 1. The van der Waals surface area contributed by atoms with E-state index < -0.39 is 11.4 Å². The van der Waals surface area contributed by atoms with Gasteiger partial charge in [-0.25, -0.2) is 0 Å². The van der Waals surface area contributed by atoms with Crippen molar-refractivity contribution in [1.82, 2.24) is 4.90 Å². The van der Waals surface area contributed by atoms with Crippen LogP contribution in [0.5, 0.6) is 11.5 Å². The number of hydrogen-bond donors (Lipinski definition) is 1. The molecule has 1 N–H and O–H groups in total. The van der Waals surface area contributed by atoms with Gasteiger partial charge in [0.15, 0.2) is 11.5 Å². The smallest absolute Gasteiger partial charge is 0.314 e.